The monoisotopic (exact) mass is 469 g/mol. The average molecular weight is 470 g/mol. The molecule has 0 aliphatic carbocycles. The van der Waals surface area contributed by atoms with Crippen molar-refractivity contribution in [1.82, 2.24) is 4.90 Å². The van der Waals surface area contributed by atoms with Crippen molar-refractivity contribution in [2.75, 3.05) is 20.2 Å². The fraction of sp³-hybridized carbons (Fsp3) is 0.591. The number of halogens is 1. The van der Waals surface area contributed by atoms with Crippen molar-refractivity contribution in [3.63, 3.8) is 0 Å². The van der Waals surface area contributed by atoms with Crippen molar-refractivity contribution in [3.05, 3.63) is 34.9 Å². The first-order valence-electron chi connectivity index (χ1n) is 10.7. The van der Waals surface area contributed by atoms with Crippen LogP contribution >= 0.6 is 11.6 Å². The highest BCUT2D eigenvalue weighted by Crippen LogP contribution is 2.32. The molecule has 0 saturated carbocycles. The number of hydrogen-bond acceptors (Lipinski definition) is 6. The normalized spacial score (nSPS) is 21.2. The Bertz CT molecular complexity index is 805. The Morgan fingerprint density at radius 3 is 2.44 bits per heavy atom. The van der Waals surface area contributed by atoms with Gasteiger partial charge in [0.2, 0.25) is 5.91 Å². The van der Waals surface area contributed by atoms with Gasteiger partial charge in [-0.25, -0.2) is 4.79 Å². The Morgan fingerprint density at radius 1 is 1.25 bits per heavy atom. The van der Waals surface area contributed by atoms with Gasteiger partial charge in [0, 0.05) is 25.1 Å². The fourth-order valence-electron chi connectivity index (χ4n) is 4.25. The molecule has 0 aromatic heterocycles. The molecule has 0 bridgehead atoms. The van der Waals surface area contributed by atoms with Crippen LogP contribution in [0.15, 0.2) is 24.3 Å². The molecule has 6 N–H and O–H groups in total. The topological polar surface area (TPSA) is 156 Å². The van der Waals surface area contributed by atoms with Crippen LogP contribution in [0.2, 0.25) is 5.02 Å². The van der Waals surface area contributed by atoms with E-state index in [1.165, 1.54) is 7.11 Å². The molecular formula is C22H32ClN3O6. The number of ether oxygens (including phenoxy) is 1. The second-order valence-corrected chi connectivity index (χ2v) is 8.68. The summed E-state index contributed by atoms with van der Waals surface area (Å²) in [5.41, 5.74) is 11.2. The van der Waals surface area contributed by atoms with E-state index in [1.807, 2.05) is 0 Å². The molecule has 10 heteroatoms. The molecule has 32 heavy (non-hydrogen) atoms. The van der Waals surface area contributed by atoms with Crippen molar-refractivity contribution in [1.29, 1.82) is 0 Å². The molecule has 0 spiro atoms. The standard InChI is InChI=1S/C22H32ClN3O6/c1-32-16-12-18(20(29)30)26(13-16)21(31)22(25,10-2-3-11-24)17(19(27)28)9-6-14-4-7-15(23)8-5-14/h4-5,7-8,16-18H,2-3,6,9-13,24-25H2,1H3,(H,27,28)(H,29,30)/t16-,17-,18+,22-/m1/s1. The third-order valence-corrected chi connectivity index (χ3v) is 6.39. The number of likely N-dealkylation sites (tertiary alicyclic amines) is 1. The number of benzene rings is 1. The van der Waals surface area contributed by atoms with Crippen LogP contribution in [0.1, 0.15) is 37.7 Å². The van der Waals surface area contributed by atoms with Gasteiger partial charge in [-0.1, -0.05) is 23.7 Å². The minimum Gasteiger partial charge on any atom is -0.481 e. The molecule has 1 aromatic carbocycles. The summed E-state index contributed by atoms with van der Waals surface area (Å²) in [7, 11) is 1.45. The summed E-state index contributed by atoms with van der Waals surface area (Å²) >= 11 is 5.91. The van der Waals surface area contributed by atoms with Crippen LogP contribution < -0.4 is 11.5 Å². The number of amides is 1. The van der Waals surface area contributed by atoms with Gasteiger partial charge in [-0.05, 0) is 56.3 Å². The summed E-state index contributed by atoms with van der Waals surface area (Å²) in [5.74, 6) is -4.25. The van der Waals surface area contributed by atoms with Crippen molar-refractivity contribution in [3.8, 4) is 0 Å². The number of aliphatic carboxylic acids is 2. The van der Waals surface area contributed by atoms with Crippen molar-refractivity contribution >= 4 is 29.4 Å². The van der Waals surface area contributed by atoms with Gasteiger partial charge in [-0.15, -0.1) is 0 Å². The van der Waals surface area contributed by atoms with E-state index in [2.05, 4.69) is 0 Å². The lowest BCUT2D eigenvalue weighted by molar-refractivity contribution is -0.156. The molecule has 178 valence electrons. The molecule has 2 rings (SSSR count). The highest BCUT2D eigenvalue weighted by Gasteiger charge is 2.51. The summed E-state index contributed by atoms with van der Waals surface area (Å²) in [6.45, 7) is 0.422. The minimum atomic E-state index is -1.77. The average Bonchev–Trinajstić information content (AvgIpc) is 3.19. The van der Waals surface area contributed by atoms with E-state index < -0.39 is 41.4 Å². The Balaban J connectivity index is 2.33. The van der Waals surface area contributed by atoms with Crippen LogP contribution in [0.25, 0.3) is 0 Å². The molecular weight excluding hydrogens is 438 g/mol. The zero-order chi connectivity index (χ0) is 23.9. The van der Waals surface area contributed by atoms with E-state index in [4.69, 9.17) is 27.8 Å². The first kappa shape index (κ1) is 26.1. The Kier molecular flexibility index (Phi) is 9.45. The van der Waals surface area contributed by atoms with Gasteiger partial charge >= 0.3 is 11.9 Å². The molecule has 4 atom stereocenters. The summed E-state index contributed by atoms with van der Waals surface area (Å²) in [6, 6.07) is 5.89. The number of aryl methyl sites for hydroxylation is 1. The molecule has 1 aromatic rings. The van der Waals surface area contributed by atoms with Crippen molar-refractivity contribution in [2.24, 2.45) is 17.4 Å². The molecule has 1 saturated heterocycles. The molecule has 0 radical (unpaired) electrons. The zero-order valence-corrected chi connectivity index (χ0v) is 19.0. The van der Waals surface area contributed by atoms with E-state index in [-0.39, 0.29) is 25.8 Å². The number of carbonyl (C=O) groups is 3. The number of carboxylic acids is 2. The Hall–Kier alpha value is -2.20. The van der Waals surface area contributed by atoms with Gasteiger partial charge in [-0.3, -0.25) is 9.59 Å². The highest BCUT2D eigenvalue weighted by molar-refractivity contribution is 6.30. The first-order chi connectivity index (χ1) is 15.1. The number of nitrogens with two attached hydrogens (primary N) is 2. The quantitative estimate of drug-likeness (QED) is 0.335. The van der Waals surface area contributed by atoms with Crippen LogP contribution in [-0.2, 0) is 25.5 Å². The number of hydrogen-bond donors (Lipinski definition) is 4. The predicted molar refractivity (Wildman–Crippen MR) is 119 cm³/mol. The van der Waals surface area contributed by atoms with Gasteiger partial charge in [0.05, 0.1) is 12.0 Å². The number of methoxy groups -OCH3 is 1. The first-order valence-corrected chi connectivity index (χ1v) is 11.0. The predicted octanol–water partition coefficient (Wildman–Crippen LogP) is 1.50. The maximum absolute atomic E-state index is 13.6. The zero-order valence-electron chi connectivity index (χ0n) is 18.2. The van der Waals surface area contributed by atoms with Gasteiger partial charge in [-0.2, -0.15) is 0 Å². The number of carbonyl (C=O) groups excluding carboxylic acids is 1. The summed E-state index contributed by atoms with van der Waals surface area (Å²) in [6.07, 6.45) is 1.26. The van der Waals surface area contributed by atoms with Gasteiger partial charge < -0.3 is 31.3 Å². The highest BCUT2D eigenvalue weighted by atomic mass is 35.5. The largest absolute Gasteiger partial charge is 0.481 e. The van der Waals surface area contributed by atoms with E-state index in [1.54, 1.807) is 24.3 Å². The fourth-order valence-corrected chi connectivity index (χ4v) is 4.38. The van der Waals surface area contributed by atoms with E-state index in [9.17, 15) is 24.6 Å². The van der Waals surface area contributed by atoms with Crippen LogP contribution in [0.4, 0.5) is 0 Å². The smallest absolute Gasteiger partial charge is 0.326 e. The molecule has 1 aliphatic rings. The van der Waals surface area contributed by atoms with Crippen molar-refractivity contribution < 1.29 is 29.3 Å². The molecule has 1 amide bonds. The molecule has 1 aliphatic heterocycles. The van der Waals surface area contributed by atoms with Crippen LogP contribution in [0.3, 0.4) is 0 Å². The van der Waals surface area contributed by atoms with E-state index >= 15 is 0 Å². The van der Waals surface area contributed by atoms with E-state index in [0.29, 0.717) is 30.8 Å². The molecule has 0 unspecified atom stereocenters. The number of rotatable bonds is 12. The van der Waals surface area contributed by atoms with Gasteiger partial charge in [0.1, 0.15) is 11.6 Å². The second kappa shape index (κ2) is 11.6. The second-order valence-electron chi connectivity index (χ2n) is 8.25. The SMILES string of the molecule is CO[C@@H]1C[C@@H](C(=O)O)N(C(=O)[C@@](N)(CCCCN)[C@H](CCc2ccc(Cl)cc2)C(=O)O)C1. The van der Waals surface area contributed by atoms with Gasteiger partial charge in [0.15, 0.2) is 0 Å². The van der Waals surface area contributed by atoms with E-state index in [0.717, 1.165) is 10.5 Å². The molecule has 9 nitrogen and oxygen atoms in total. The lowest BCUT2D eigenvalue weighted by Crippen LogP contribution is -2.63. The van der Waals surface area contributed by atoms with Crippen LogP contribution in [-0.4, -0.2) is 70.8 Å². The summed E-state index contributed by atoms with van der Waals surface area (Å²) in [5, 5.41) is 20.2. The number of nitrogens with zero attached hydrogens (tertiary/aromatic N) is 1. The van der Waals surface area contributed by atoms with Crippen LogP contribution in [0.5, 0.6) is 0 Å². The lowest BCUT2D eigenvalue weighted by atomic mass is 9.76. The molecule has 1 fully saturated rings. The van der Waals surface area contributed by atoms with Gasteiger partial charge in [0.25, 0.3) is 0 Å². The third kappa shape index (κ3) is 6.19. The Labute approximate surface area is 192 Å². The number of carboxylic acid groups (broad SMARTS) is 2. The number of unbranched alkanes of at least 4 members (excludes halogenated alkanes) is 1. The maximum Gasteiger partial charge on any atom is 0.326 e. The lowest BCUT2D eigenvalue weighted by Gasteiger charge is -2.38. The minimum absolute atomic E-state index is 0.0473. The summed E-state index contributed by atoms with van der Waals surface area (Å²) < 4.78 is 5.26. The van der Waals surface area contributed by atoms with Crippen LogP contribution in [0, 0.1) is 5.92 Å². The summed E-state index contributed by atoms with van der Waals surface area (Å²) in [4.78, 5) is 38.8. The Morgan fingerprint density at radius 2 is 1.91 bits per heavy atom. The maximum atomic E-state index is 13.6. The molecule has 1 heterocycles. The third-order valence-electron chi connectivity index (χ3n) is 6.14. The van der Waals surface area contributed by atoms with Crippen molar-refractivity contribution in [2.45, 2.75) is 56.2 Å².